The number of hydrogen-bond acceptors (Lipinski definition) is 2. The fourth-order valence-corrected chi connectivity index (χ4v) is 1.98. The second-order valence-electron chi connectivity index (χ2n) is 3.75. The van der Waals surface area contributed by atoms with Crippen molar-refractivity contribution in [1.29, 1.82) is 0 Å². The Labute approximate surface area is 88.5 Å². The predicted octanol–water partition coefficient (Wildman–Crippen LogP) is 1.99. The molecule has 1 unspecified atom stereocenters. The number of aliphatic hydroxyl groups is 1. The van der Waals surface area contributed by atoms with Gasteiger partial charge in [-0.1, -0.05) is 23.7 Å². The Morgan fingerprint density at radius 2 is 2.07 bits per heavy atom. The van der Waals surface area contributed by atoms with Gasteiger partial charge in [0.1, 0.15) is 0 Å². The molecule has 0 saturated carbocycles. The molecular formula is C11H13ClO2. The van der Waals surface area contributed by atoms with Crippen molar-refractivity contribution in [2.45, 2.75) is 11.8 Å². The van der Waals surface area contributed by atoms with E-state index in [1.807, 2.05) is 24.3 Å². The molecule has 1 atom stereocenters. The van der Waals surface area contributed by atoms with Crippen LogP contribution in [0.2, 0.25) is 5.02 Å². The lowest BCUT2D eigenvalue weighted by Crippen LogP contribution is -2.30. The van der Waals surface area contributed by atoms with E-state index < -0.39 is 0 Å². The van der Waals surface area contributed by atoms with Crippen LogP contribution in [-0.2, 0) is 10.2 Å². The molecule has 14 heavy (non-hydrogen) atoms. The van der Waals surface area contributed by atoms with Gasteiger partial charge < -0.3 is 9.84 Å². The first-order valence-electron chi connectivity index (χ1n) is 4.71. The van der Waals surface area contributed by atoms with Crippen LogP contribution >= 0.6 is 11.6 Å². The number of aliphatic hydroxyl groups excluding tert-OH is 1. The van der Waals surface area contributed by atoms with E-state index in [9.17, 15) is 5.11 Å². The zero-order valence-electron chi connectivity index (χ0n) is 7.87. The molecule has 0 radical (unpaired) electrons. The van der Waals surface area contributed by atoms with Crippen molar-refractivity contribution in [3.63, 3.8) is 0 Å². The normalized spacial score (nSPS) is 26.7. The van der Waals surface area contributed by atoms with Gasteiger partial charge in [0, 0.05) is 17.0 Å². The predicted molar refractivity (Wildman–Crippen MR) is 55.7 cm³/mol. The molecule has 1 aromatic carbocycles. The average Bonchev–Trinajstić information content (AvgIpc) is 2.68. The van der Waals surface area contributed by atoms with Crippen LogP contribution in [0.5, 0.6) is 0 Å². The fourth-order valence-electron chi connectivity index (χ4n) is 1.85. The van der Waals surface area contributed by atoms with Crippen LogP contribution < -0.4 is 0 Å². The maximum Gasteiger partial charge on any atom is 0.0585 e. The summed E-state index contributed by atoms with van der Waals surface area (Å²) < 4.78 is 5.34. The molecule has 1 N–H and O–H groups in total. The first-order chi connectivity index (χ1) is 6.77. The van der Waals surface area contributed by atoms with Gasteiger partial charge in [0.05, 0.1) is 13.2 Å². The largest absolute Gasteiger partial charge is 0.395 e. The topological polar surface area (TPSA) is 29.5 Å². The van der Waals surface area contributed by atoms with Crippen molar-refractivity contribution in [3.8, 4) is 0 Å². The van der Waals surface area contributed by atoms with Crippen LogP contribution in [-0.4, -0.2) is 24.9 Å². The van der Waals surface area contributed by atoms with Crippen LogP contribution in [0, 0.1) is 0 Å². The highest BCUT2D eigenvalue weighted by molar-refractivity contribution is 6.30. The molecule has 0 bridgehead atoms. The van der Waals surface area contributed by atoms with Gasteiger partial charge in [-0.25, -0.2) is 0 Å². The molecule has 76 valence electrons. The molecule has 0 aliphatic carbocycles. The standard InChI is InChI=1S/C11H13ClO2/c12-10-3-1-9(2-4-10)11(7-13)5-6-14-8-11/h1-4,13H,5-8H2. The van der Waals surface area contributed by atoms with E-state index in [0.717, 1.165) is 23.6 Å². The SMILES string of the molecule is OCC1(c2ccc(Cl)cc2)CCOC1. The summed E-state index contributed by atoms with van der Waals surface area (Å²) in [6.45, 7) is 1.46. The van der Waals surface area contributed by atoms with Crippen LogP contribution in [0.25, 0.3) is 0 Å². The van der Waals surface area contributed by atoms with Crippen molar-refractivity contribution in [2.75, 3.05) is 19.8 Å². The summed E-state index contributed by atoms with van der Waals surface area (Å²) in [5.41, 5.74) is 0.909. The zero-order chi connectivity index (χ0) is 10.0. The number of rotatable bonds is 2. The van der Waals surface area contributed by atoms with Crippen LogP contribution in [0.4, 0.5) is 0 Å². The molecule has 2 rings (SSSR count). The van der Waals surface area contributed by atoms with Gasteiger partial charge in [0.2, 0.25) is 0 Å². The van der Waals surface area contributed by atoms with Crippen molar-refractivity contribution in [1.82, 2.24) is 0 Å². The maximum atomic E-state index is 9.43. The molecule has 2 nitrogen and oxygen atoms in total. The van der Waals surface area contributed by atoms with E-state index in [-0.39, 0.29) is 12.0 Å². The first kappa shape index (κ1) is 9.97. The van der Waals surface area contributed by atoms with Gasteiger partial charge in [-0.15, -0.1) is 0 Å². The quantitative estimate of drug-likeness (QED) is 0.813. The second-order valence-corrected chi connectivity index (χ2v) is 4.18. The Kier molecular flexibility index (Phi) is 2.77. The van der Waals surface area contributed by atoms with E-state index in [1.54, 1.807) is 0 Å². The number of halogens is 1. The summed E-state index contributed by atoms with van der Waals surface area (Å²) in [5.74, 6) is 0. The lowest BCUT2D eigenvalue weighted by molar-refractivity contribution is 0.140. The summed E-state index contributed by atoms with van der Waals surface area (Å²) in [4.78, 5) is 0. The van der Waals surface area contributed by atoms with Gasteiger partial charge in [-0.2, -0.15) is 0 Å². The van der Waals surface area contributed by atoms with E-state index in [1.165, 1.54) is 0 Å². The summed E-state index contributed by atoms with van der Waals surface area (Å²) in [7, 11) is 0. The van der Waals surface area contributed by atoms with E-state index >= 15 is 0 Å². The molecule has 0 spiro atoms. The highest BCUT2D eigenvalue weighted by atomic mass is 35.5. The van der Waals surface area contributed by atoms with Gasteiger partial charge in [0.25, 0.3) is 0 Å². The van der Waals surface area contributed by atoms with Crippen LogP contribution in [0.1, 0.15) is 12.0 Å². The zero-order valence-corrected chi connectivity index (χ0v) is 8.63. The summed E-state index contributed by atoms with van der Waals surface area (Å²) in [6.07, 6.45) is 0.880. The second kappa shape index (κ2) is 3.89. The lowest BCUT2D eigenvalue weighted by Gasteiger charge is -2.25. The highest BCUT2D eigenvalue weighted by Crippen LogP contribution is 2.33. The molecule has 1 saturated heterocycles. The third kappa shape index (κ3) is 1.65. The average molecular weight is 213 g/mol. The molecular weight excluding hydrogens is 200 g/mol. The van der Waals surface area contributed by atoms with Crippen molar-refractivity contribution in [3.05, 3.63) is 34.9 Å². The Morgan fingerprint density at radius 1 is 1.36 bits per heavy atom. The molecule has 0 aromatic heterocycles. The fraction of sp³-hybridized carbons (Fsp3) is 0.455. The highest BCUT2D eigenvalue weighted by Gasteiger charge is 2.35. The van der Waals surface area contributed by atoms with Gasteiger partial charge >= 0.3 is 0 Å². The summed E-state index contributed by atoms with van der Waals surface area (Å²) in [5, 5.41) is 10.1. The van der Waals surface area contributed by atoms with Crippen LogP contribution in [0.15, 0.2) is 24.3 Å². The molecule has 1 aliphatic heterocycles. The summed E-state index contributed by atoms with van der Waals surface area (Å²) >= 11 is 5.81. The summed E-state index contributed by atoms with van der Waals surface area (Å²) in [6, 6.07) is 7.64. The third-order valence-electron chi connectivity index (χ3n) is 2.86. The van der Waals surface area contributed by atoms with E-state index in [4.69, 9.17) is 16.3 Å². The Morgan fingerprint density at radius 3 is 2.57 bits per heavy atom. The molecule has 3 heteroatoms. The minimum Gasteiger partial charge on any atom is -0.395 e. The Balaban J connectivity index is 2.31. The van der Waals surface area contributed by atoms with Crippen molar-refractivity contribution >= 4 is 11.6 Å². The van der Waals surface area contributed by atoms with Crippen molar-refractivity contribution < 1.29 is 9.84 Å². The minimum atomic E-state index is -0.204. The maximum absolute atomic E-state index is 9.43. The molecule has 1 aromatic rings. The van der Waals surface area contributed by atoms with E-state index in [2.05, 4.69) is 0 Å². The monoisotopic (exact) mass is 212 g/mol. The van der Waals surface area contributed by atoms with Gasteiger partial charge in [0.15, 0.2) is 0 Å². The number of benzene rings is 1. The first-order valence-corrected chi connectivity index (χ1v) is 5.09. The molecule has 1 fully saturated rings. The van der Waals surface area contributed by atoms with Gasteiger partial charge in [-0.3, -0.25) is 0 Å². The number of ether oxygens (including phenoxy) is 1. The Bertz CT molecular complexity index is 302. The third-order valence-corrected chi connectivity index (χ3v) is 3.11. The minimum absolute atomic E-state index is 0.134. The Hall–Kier alpha value is -0.570. The van der Waals surface area contributed by atoms with E-state index in [0.29, 0.717) is 6.61 Å². The molecule has 1 aliphatic rings. The lowest BCUT2D eigenvalue weighted by atomic mass is 9.81. The smallest absolute Gasteiger partial charge is 0.0585 e. The molecule has 1 heterocycles. The molecule has 0 amide bonds. The number of hydrogen-bond donors (Lipinski definition) is 1. The van der Waals surface area contributed by atoms with Crippen LogP contribution in [0.3, 0.4) is 0 Å². The van der Waals surface area contributed by atoms with Crippen molar-refractivity contribution in [2.24, 2.45) is 0 Å². The van der Waals surface area contributed by atoms with Gasteiger partial charge in [-0.05, 0) is 24.1 Å².